The standard InChI is InChI=1S/C12H18N2O2/c1-3-5-8-14(4-2)11-7-6-10(9-13-11)12(15)16/h6-7,9H,3-5,8H2,1-2H3,(H,15,16). The Labute approximate surface area is 95.9 Å². The third kappa shape index (κ3) is 3.22. The molecule has 0 aliphatic carbocycles. The highest BCUT2D eigenvalue weighted by Crippen LogP contribution is 2.12. The van der Waals surface area contributed by atoms with E-state index in [2.05, 4.69) is 23.7 Å². The molecular weight excluding hydrogens is 204 g/mol. The van der Waals surface area contributed by atoms with Gasteiger partial charge in [-0.3, -0.25) is 0 Å². The van der Waals surface area contributed by atoms with Crippen molar-refractivity contribution in [2.45, 2.75) is 26.7 Å². The molecule has 1 heterocycles. The minimum atomic E-state index is -0.935. The second-order valence-corrected chi connectivity index (χ2v) is 3.64. The third-order valence-electron chi connectivity index (χ3n) is 2.48. The molecule has 0 bridgehead atoms. The number of carbonyl (C=O) groups is 1. The zero-order valence-electron chi connectivity index (χ0n) is 9.81. The van der Waals surface area contributed by atoms with Gasteiger partial charge in [0.1, 0.15) is 5.82 Å². The van der Waals surface area contributed by atoms with Gasteiger partial charge in [-0.05, 0) is 25.5 Å². The lowest BCUT2D eigenvalue weighted by molar-refractivity contribution is 0.0696. The summed E-state index contributed by atoms with van der Waals surface area (Å²) in [4.78, 5) is 17.0. The summed E-state index contributed by atoms with van der Waals surface area (Å²) >= 11 is 0. The number of hydrogen-bond donors (Lipinski definition) is 1. The predicted octanol–water partition coefficient (Wildman–Crippen LogP) is 2.41. The summed E-state index contributed by atoms with van der Waals surface area (Å²) in [6.07, 6.45) is 3.67. The van der Waals surface area contributed by atoms with Gasteiger partial charge < -0.3 is 10.0 Å². The average Bonchev–Trinajstić information content (AvgIpc) is 2.30. The Balaban J connectivity index is 2.74. The summed E-state index contributed by atoms with van der Waals surface area (Å²) in [5.41, 5.74) is 0.232. The van der Waals surface area contributed by atoms with Crippen LogP contribution < -0.4 is 4.90 Å². The van der Waals surface area contributed by atoms with E-state index in [4.69, 9.17) is 5.11 Å². The lowest BCUT2D eigenvalue weighted by Gasteiger charge is -2.21. The number of carboxylic acids is 1. The monoisotopic (exact) mass is 222 g/mol. The molecule has 16 heavy (non-hydrogen) atoms. The van der Waals surface area contributed by atoms with Crippen molar-refractivity contribution in [3.05, 3.63) is 23.9 Å². The molecule has 0 aliphatic heterocycles. The fraction of sp³-hybridized carbons (Fsp3) is 0.500. The van der Waals surface area contributed by atoms with Crippen LogP contribution in [0.2, 0.25) is 0 Å². The van der Waals surface area contributed by atoms with Crippen molar-refractivity contribution >= 4 is 11.8 Å². The second-order valence-electron chi connectivity index (χ2n) is 3.64. The molecule has 0 saturated carbocycles. The summed E-state index contributed by atoms with van der Waals surface area (Å²) in [6.45, 7) is 6.07. The van der Waals surface area contributed by atoms with E-state index in [1.54, 1.807) is 12.1 Å². The van der Waals surface area contributed by atoms with Gasteiger partial charge in [0.2, 0.25) is 0 Å². The number of unbranched alkanes of at least 4 members (excludes halogenated alkanes) is 1. The maximum Gasteiger partial charge on any atom is 0.337 e. The van der Waals surface area contributed by atoms with E-state index in [1.165, 1.54) is 6.20 Å². The van der Waals surface area contributed by atoms with E-state index in [-0.39, 0.29) is 5.56 Å². The quantitative estimate of drug-likeness (QED) is 0.803. The molecule has 0 atom stereocenters. The van der Waals surface area contributed by atoms with Crippen molar-refractivity contribution in [3.8, 4) is 0 Å². The highest BCUT2D eigenvalue weighted by atomic mass is 16.4. The summed E-state index contributed by atoms with van der Waals surface area (Å²) in [7, 11) is 0. The van der Waals surface area contributed by atoms with E-state index in [1.807, 2.05) is 0 Å². The van der Waals surface area contributed by atoms with Gasteiger partial charge in [-0.2, -0.15) is 0 Å². The van der Waals surface area contributed by atoms with Crippen LogP contribution in [-0.4, -0.2) is 29.1 Å². The van der Waals surface area contributed by atoms with Crippen molar-refractivity contribution in [2.75, 3.05) is 18.0 Å². The third-order valence-corrected chi connectivity index (χ3v) is 2.48. The van der Waals surface area contributed by atoms with Crippen molar-refractivity contribution in [2.24, 2.45) is 0 Å². The lowest BCUT2D eigenvalue weighted by atomic mass is 10.2. The van der Waals surface area contributed by atoms with Crippen LogP contribution >= 0.6 is 0 Å². The van der Waals surface area contributed by atoms with E-state index < -0.39 is 5.97 Å². The number of nitrogens with zero attached hydrogens (tertiary/aromatic N) is 2. The highest BCUT2D eigenvalue weighted by Gasteiger charge is 2.07. The van der Waals surface area contributed by atoms with Crippen molar-refractivity contribution in [3.63, 3.8) is 0 Å². The number of aromatic carboxylic acids is 1. The first-order valence-electron chi connectivity index (χ1n) is 5.63. The predicted molar refractivity (Wildman–Crippen MR) is 64.0 cm³/mol. The van der Waals surface area contributed by atoms with Crippen LogP contribution in [0.1, 0.15) is 37.0 Å². The van der Waals surface area contributed by atoms with Gasteiger partial charge in [0.15, 0.2) is 0 Å². The van der Waals surface area contributed by atoms with E-state index in [0.717, 1.165) is 31.7 Å². The Morgan fingerprint density at radius 1 is 1.44 bits per heavy atom. The van der Waals surface area contributed by atoms with E-state index >= 15 is 0 Å². The number of carboxylic acid groups (broad SMARTS) is 1. The van der Waals surface area contributed by atoms with Crippen molar-refractivity contribution in [1.82, 2.24) is 4.98 Å². The smallest absolute Gasteiger partial charge is 0.337 e. The largest absolute Gasteiger partial charge is 0.478 e. The molecule has 0 radical (unpaired) electrons. The average molecular weight is 222 g/mol. The summed E-state index contributed by atoms with van der Waals surface area (Å²) in [5.74, 6) is -0.0865. The second kappa shape index (κ2) is 6.10. The first kappa shape index (κ1) is 12.5. The first-order valence-corrected chi connectivity index (χ1v) is 5.63. The molecular formula is C12H18N2O2. The van der Waals surface area contributed by atoms with Gasteiger partial charge in [-0.1, -0.05) is 13.3 Å². The SMILES string of the molecule is CCCCN(CC)c1ccc(C(=O)O)cn1. The number of anilines is 1. The summed E-state index contributed by atoms with van der Waals surface area (Å²) < 4.78 is 0. The van der Waals surface area contributed by atoms with Crippen LogP contribution in [0, 0.1) is 0 Å². The zero-order valence-corrected chi connectivity index (χ0v) is 9.81. The number of aromatic nitrogens is 1. The minimum Gasteiger partial charge on any atom is -0.478 e. The fourth-order valence-corrected chi connectivity index (χ4v) is 1.48. The highest BCUT2D eigenvalue weighted by molar-refractivity contribution is 5.87. The zero-order chi connectivity index (χ0) is 12.0. The normalized spacial score (nSPS) is 10.1. The first-order chi connectivity index (χ1) is 7.69. The maximum absolute atomic E-state index is 10.7. The van der Waals surface area contributed by atoms with Crippen LogP contribution in [-0.2, 0) is 0 Å². The molecule has 0 aliphatic rings. The molecule has 1 rings (SSSR count). The molecule has 0 spiro atoms. The molecule has 0 saturated heterocycles. The Morgan fingerprint density at radius 2 is 2.19 bits per heavy atom. The van der Waals surface area contributed by atoms with Crippen LogP contribution in [0.15, 0.2) is 18.3 Å². The van der Waals surface area contributed by atoms with Crippen LogP contribution in [0.5, 0.6) is 0 Å². The Morgan fingerprint density at radius 3 is 2.62 bits per heavy atom. The number of hydrogen-bond acceptors (Lipinski definition) is 3. The molecule has 4 heteroatoms. The molecule has 1 aromatic rings. The summed E-state index contributed by atoms with van der Waals surface area (Å²) in [5, 5.41) is 8.76. The lowest BCUT2D eigenvalue weighted by Crippen LogP contribution is -2.24. The van der Waals surface area contributed by atoms with E-state index in [9.17, 15) is 4.79 Å². The Kier molecular flexibility index (Phi) is 4.76. The van der Waals surface area contributed by atoms with Gasteiger partial charge >= 0.3 is 5.97 Å². The molecule has 0 fully saturated rings. The molecule has 0 unspecified atom stereocenters. The molecule has 88 valence electrons. The van der Waals surface area contributed by atoms with Gasteiger partial charge in [0, 0.05) is 19.3 Å². The number of pyridine rings is 1. The fourth-order valence-electron chi connectivity index (χ4n) is 1.48. The van der Waals surface area contributed by atoms with Gasteiger partial charge in [0.25, 0.3) is 0 Å². The van der Waals surface area contributed by atoms with Gasteiger partial charge in [-0.15, -0.1) is 0 Å². The molecule has 1 aromatic heterocycles. The van der Waals surface area contributed by atoms with Gasteiger partial charge in [-0.25, -0.2) is 9.78 Å². The van der Waals surface area contributed by atoms with E-state index in [0.29, 0.717) is 0 Å². The van der Waals surface area contributed by atoms with Crippen molar-refractivity contribution in [1.29, 1.82) is 0 Å². The van der Waals surface area contributed by atoms with Crippen LogP contribution in [0.4, 0.5) is 5.82 Å². The Hall–Kier alpha value is -1.58. The van der Waals surface area contributed by atoms with Crippen LogP contribution in [0.25, 0.3) is 0 Å². The molecule has 1 N–H and O–H groups in total. The van der Waals surface area contributed by atoms with Crippen LogP contribution in [0.3, 0.4) is 0 Å². The molecule has 0 amide bonds. The van der Waals surface area contributed by atoms with Crippen molar-refractivity contribution < 1.29 is 9.90 Å². The topological polar surface area (TPSA) is 53.4 Å². The molecule has 4 nitrogen and oxygen atoms in total. The van der Waals surface area contributed by atoms with Gasteiger partial charge in [0.05, 0.1) is 5.56 Å². The summed E-state index contributed by atoms with van der Waals surface area (Å²) in [6, 6.07) is 3.36. The molecule has 0 aromatic carbocycles. The number of rotatable bonds is 6. The Bertz CT molecular complexity index is 335. The maximum atomic E-state index is 10.7. The minimum absolute atomic E-state index is 0.232.